The first kappa shape index (κ1) is 15.8. The van der Waals surface area contributed by atoms with Gasteiger partial charge in [0.2, 0.25) is 0 Å². The van der Waals surface area contributed by atoms with Crippen molar-refractivity contribution in [2.45, 2.75) is 25.5 Å². The maximum absolute atomic E-state index is 12.3. The van der Waals surface area contributed by atoms with Crippen LogP contribution in [0.15, 0.2) is 16.8 Å². The van der Waals surface area contributed by atoms with Gasteiger partial charge in [-0.05, 0) is 35.2 Å². The van der Waals surface area contributed by atoms with E-state index in [1.54, 1.807) is 28.2 Å². The minimum absolute atomic E-state index is 0.0119. The average molecular weight is 312 g/mol. The van der Waals surface area contributed by atoms with Gasteiger partial charge in [-0.2, -0.15) is 11.3 Å². The second-order valence-corrected chi connectivity index (χ2v) is 5.94. The van der Waals surface area contributed by atoms with E-state index in [2.05, 4.69) is 0 Å². The molecule has 116 valence electrons. The molecule has 0 saturated carbocycles. The normalized spacial score (nSPS) is 16.0. The van der Waals surface area contributed by atoms with Gasteiger partial charge in [0.15, 0.2) is 0 Å². The SMILES string of the molecule is CN(Cc1ccsc1)C(=O)N1CCC(OCC(=O)O)CC1. The number of urea groups is 1. The maximum Gasteiger partial charge on any atom is 0.329 e. The molecule has 7 heteroatoms. The number of likely N-dealkylation sites (tertiary alicyclic amines) is 1. The lowest BCUT2D eigenvalue weighted by atomic mass is 10.1. The number of aliphatic carboxylic acids is 1. The fraction of sp³-hybridized carbons (Fsp3) is 0.571. The van der Waals surface area contributed by atoms with Gasteiger partial charge in [0.1, 0.15) is 6.61 Å². The summed E-state index contributed by atoms with van der Waals surface area (Å²) < 4.78 is 5.27. The van der Waals surface area contributed by atoms with E-state index in [0.717, 1.165) is 5.56 Å². The zero-order chi connectivity index (χ0) is 15.2. The Bertz CT molecular complexity index is 469. The smallest absolute Gasteiger partial charge is 0.329 e. The van der Waals surface area contributed by atoms with Gasteiger partial charge >= 0.3 is 12.0 Å². The Balaban J connectivity index is 1.76. The third kappa shape index (κ3) is 4.71. The first-order chi connectivity index (χ1) is 10.1. The summed E-state index contributed by atoms with van der Waals surface area (Å²) in [5.74, 6) is -0.955. The number of carboxylic acid groups (broad SMARTS) is 1. The molecule has 2 rings (SSSR count). The Hall–Kier alpha value is -1.60. The van der Waals surface area contributed by atoms with Crippen molar-refractivity contribution in [2.24, 2.45) is 0 Å². The Morgan fingerprint density at radius 3 is 2.76 bits per heavy atom. The number of nitrogens with zero attached hydrogens (tertiary/aromatic N) is 2. The van der Waals surface area contributed by atoms with Crippen molar-refractivity contribution in [1.29, 1.82) is 0 Å². The van der Waals surface area contributed by atoms with E-state index in [0.29, 0.717) is 32.5 Å². The van der Waals surface area contributed by atoms with Crippen LogP contribution >= 0.6 is 11.3 Å². The molecule has 1 fully saturated rings. The summed E-state index contributed by atoms with van der Waals surface area (Å²) in [7, 11) is 1.80. The van der Waals surface area contributed by atoms with Crippen LogP contribution < -0.4 is 0 Å². The van der Waals surface area contributed by atoms with Crippen molar-refractivity contribution in [2.75, 3.05) is 26.7 Å². The minimum atomic E-state index is -0.955. The summed E-state index contributed by atoms with van der Waals surface area (Å²) in [4.78, 5) is 26.3. The predicted molar refractivity (Wildman–Crippen MR) is 79.4 cm³/mol. The van der Waals surface area contributed by atoms with Crippen molar-refractivity contribution in [3.63, 3.8) is 0 Å². The molecule has 2 amide bonds. The van der Waals surface area contributed by atoms with Crippen LogP contribution in [0, 0.1) is 0 Å². The summed E-state index contributed by atoms with van der Waals surface area (Å²) in [6, 6.07) is 2.03. The van der Waals surface area contributed by atoms with Crippen LogP contribution in [0.25, 0.3) is 0 Å². The summed E-state index contributed by atoms with van der Waals surface area (Å²) in [5, 5.41) is 12.6. The molecule has 1 aliphatic rings. The van der Waals surface area contributed by atoms with Gasteiger partial charge in [-0.1, -0.05) is 0 Å². The zero-order valence-electron chi connectivity index (χ0n) is 12.0. The van der Waals surface area contributed by atoms with Gasteiger partial charge < -0.3 is 19.6 Å². The standard InChI is InChI=1S/C14H20N2O4S/c1-15(8-11-4-7-21-10-11)14(19)16-5-2-12(3-6-16)20-9-13(17)18/h4,7,10,12H,2-3,5-6,8-9H2,1H3,(H,17,18). The highest BCUT2D eigenvalue weighted by atomic mass is 32.1. The van der Waals surface area contributed by atoms with E-state index in [9.17, 15) is 9.59 Å². The molecule has 0 aromatic carbocycles. The third-order valence-electron chi connectivity index (χ3n) is 3.48. The molecular weight excluding hydrogens is 292 g/mol. The molecule has 0 bridgehead atoms. The molecule has 2 heterocycles. The molecule has 0 radical (unpaired) electrons. The molecule has 0 spiro atoms. The van der Waals surface area contributed by atoms with Crippen molar-refractivity contribution in [3.8, 4) is 0 Å². The number of hydrogen-bond acceptors (Lipinski definition) is 4. The molecule has 1 N–H and O–H groups in total. The Kier molecular flexibility index (Phi) is 5.58. The van der Waals surface area contributed by atoms with E-state index in [1.165, 1.54) is 0 Å². The highest BCUT2D eigenvalue weighted by molar-refractivity contribution is 7.07. The maximum atomic E-state index is 12.3. The fourth-order valence-electron chi connectivity index (χ4n) is 2.37. The zero-order valence-corrected chi connectivity index (χ0v) is 12.8. The van der Waals surface area contributed by atoms with Crippen molar-refractivity contribution in [3.05, 3.63) is 22.4 Å². The van der Waals surface area contributed by atoms with Gasteiger partial charge in [-0.25, -0.2) is 9.59 Å². The van der Waals surface area contributed by atoms with Gasteiger partial charge in [-0.3, -0.25) is 0 Å². The Morgan fingerprint density at radius 1 is 1.48 bits per heavy atom. The van der Waals surface area contributed by atoms with E-state index >= 15 is 0 Å². The van der Waals surface area contributed by atoms with Crippen LogP contribution in [-0.2, 0) is 16.1 Å². The molecule has 0 atom stereocenters. The largest absolute Gasteiger partial charge is 0.480 e. The topological polar surface area (TPSA) is 70.1 Å². The van der Waals surface area contributed by atoms with Gasteiger partial charge in [0.05, 0.1) is 6.10 Å². The highest BCUT2D eigenvalue weighted by Crippen LogP contribution is 2.16. The lowest BCUT2D eigenvalue weighted by molar-refractivity contribution is -0.145. The molecule has 1 aromatic heterocycles. The number of carbonyl (C=O) groups is 2. The highest BCUT2D eigenvalue weighted by Gasteiger charge is 2.25. The van der Waals surface area contributed by atoms with Gasteiger partial charge in [0.25, 0.3) is 0 Å². The van der Waals surface area contributed by atoms with Gasteiger partial charge in [-0.15, -0.1) is 0 Å². The Morgan fingerprint density at radius 2 is 2.19 bits per heavy atom. The lowest BCUT2D eigenvalue weighted by Crippen LogP contribution is -2.46. The summed E-state index contributed by atoms with van der Waals surface area (Å²) in [6.45, 7) is 1.56. The number of ether oxygens (including phenoxy) is 1. The lowest BCUT2D eigenvalue weighted by Gasteiger charge is -2.34. The minimum Gasteiger partial charge on any atom is -0.480 e. The first-order valence-corrected chi connectivity index (χ1v) is 7.85. The van der Waals surface area contributed by atoms with Crippen LogP contribution in [0.1, 0.15) is 18.4 Å². The van der Waals surface area contributed by atoms with Gasteiger partial charge in [0, 0.05) is 26.7 Å². The van der Waals surface area contributed by atoms with Crippen LogP contribution in [0.4, 0.5) is 4.79 Å². The van der Waals surface area contributed by atoms with Crippen LogP contribution in [0.2, 0.25) is 0 Å². The number of thiophene rings is 1. The number of amides is 2. The van der Waals surface area contributed by atoms with E-state index < -0.39 is 5.97 Å². The first-order valence-electron chi connectivity index (χ1n) is 6.91. The average Bonchev–Trinajstić information content (AvgIpc) is 2.97. The van der Waals surface area contributed by atoms with E-state index in [1.807, 2.05) is 16.8 Å². The monoisotopic (exact) mass is 312 g/mol. The molecule has 1 aliphatic heterocycles. The van der Waals surface area contributed by atoms with Crippen molar-refractivity contribution < 1.29 is 19.4 Å². The second-order valence-electron chi connectivity index (χ2n) is 5.16. The summed E-state index contributed by atoms with van der Waals surface area (Å²) in [5.41, 5.74) is 1.13. The van der Waals surface area contributed by atoms with Crippen molar-refractivity contribution in [1.82, 2.24) is 9.80 Å². The fourth-order valence-corrected chi connectivity index (χ4v) is 3.03. The molecule has 21 heavy (non-hydrogen) atoms. The number of hydrogen-bond donors (Lipinski definition) is 1. The summed E-state index contributed by atoms with van der Waals surface area (Å²) >= 11 is 1.62. The predicted octanol–water partition coefficient (Wildman–Crippen LogP) is 1.87. The number of carbonyl (C=O) groups excluding carboxylic acids is 1. The molecule has 6 nitrogen and oxygen atoms in total. The molecule has 1 saturated heterocycles. The number of rotatable bonds is 5. The van der Waals surface area contributed by atoms with Crippen LogP contribution in [-0.4, -0.2) is 59.8 Å². The Labute approximate surface area is 127 Å². The number of carboxylic acids is 1. The van der Waals surface area contributed by atoms with Crippen molar-refractivity contribution >= 4 is 23.3 Å². The molecule has 0 aliphatic carbocycles. The van der Waals surface area contributed by atoms with E-state index in [-0.39, 0.29) is 18.7 Å². The third-order valence-corrected chi connectivity index (χ3v) is 4.21. The number of piperidine rings is 1. The van der Waals surface area contributed by atoms with Crippen LogP contribution in [0.5, 0.6) is 0 Å². The molecule has 0 unspecified atom stereocenters. The molecular formula is C14H20N2O4S. The quantitative estimate of drug-likeness (QED) is 0.901. The molecule has 1 aromatic rings. The van der Waals surface area contributed by atoms with E-state index in [4.69, 9.17) is 9.84 Å². The van der Waals surface area contributed by atoms with Crippen LogP contribution in [0.3, 0.4) is 0 Å². The second kappa shape index (κ2) is 7.42. The summed E-state index contributed by atoms with van der Waals surface area (Å²) in [6.07, 6.45) is 1.31.